The number of H-pyrrole nitrogens is 1. The lowest BCUT2D eigenvalue weighted by atomic mass is 9.76. The molecule has 0 spiro atoms. The number of hydrogen-bond donors (Lipinski definition) is 3. The lowest BCUT2D eigenvalue weighted by molar-refractivity contribution is -0.151. The summed E-state index contributed by atoms with van der Waals surface area (Å²) in [5.74, 6) is -6.61. The third-order valence-corrected chi connectivity index (χ3v) is 10.2. The minimum atomic E-state index is -4.71. The Bertz CT molecular complexity index is 2310. The molecule has 1 aromatic heterocycles. The van der Waals surface area contributed by atoms with E-state index in [0.29, 0.717) is 22.0 Å². The molecule has 5 aromatic rings. The van der Waals surface area contributed by atoms with Crippen LogP contribution in [0.2, 0.25) is 0 Å². The fraction of sp³-hybridized carbons (Fsp3) is 0.184. The smallest absolute Gasteiger partial charge is 0.416 e. The Morgan fingerprint density at radius 3 is 2.20 bits per heavy atom. The van der Waals surface area contributed by atoms with E-state index in [4.69, 9.17) is 0 Å². The number of alkyl halides is 3. The Balaban J connectivity index is 1.21. The van der Waals surface area contributed by atoms with Crippen LogP contribution in [0.3, 0.4) is 0 Å². The highest BCUT2D eigenvalue weighted by Gasteiger charge is 2.68. The second-order valence-electron chi connectivity index (χ2n) is 12.9. The van der Waals surface area contributed by atoms with E-state index in [1.807, 2.05) is 0 Å². The topological polar surface area (TPSA) is 137 Å². The quantitative estimate of drug-likeness (QED) is 0.199. The predicted molar refractivity (Wildman–Crippen MR) is 172 cm³/mol. The summed E-state index contributed by atoms with van der Waals surface area (Å²) < 4.78 is 41.4. The molecule has 0 bridgehead atoms. The number of nitrogens with one attached hydrogen (secondary N) is 2. The van der Waals surface area contributed by atoms with E-state index in [0.717, 1.165) is 17.0 Å². The average Bonchev–Trinajstić information content (AvgIpc) is 3.75. The van der Waals surface area contributed by atoms with Gasteiger partial charge in [0.15, 0.2) is 11.6 Å². The molecule has 1 aliphatic carbocycles. The summed E-state index contributed by atoms with van der Waals surface area (Å²) in [5.41, 5.74) is -0.699. The number of halogens is 3. The number of carboxylic acid groups (broad SMARTS) is 1. The number of amides is 2. The maximum absolute atomic E-state index is 14.4. The maximum atomic E-state index is 14.4. The van der Waals surface area contributed by atoms with Gasteiger partial charge < -0.3 is 10.1 Å². The Morgan fingerprint density at radius 2 is 1.48 bits per heavy atom. The van der Waals surface area contributed by atoms with Crippen molar-refractivity contribution in [3.63, 3.8) is 0 Å². The molecule has 12 heteroatoms. The molecule has 4 atom stereocenters. The molecule has 8 rings (SSSR count). The van der Waals surface area contributed by atoms with E-state index in [9.17, 15) is 42.3 Å². The predicted octanol–water partition coefficient (Wildman–Crippen LogP) is 5.47. The summed E-state index contributed by atoms with van der Waals surface area (Å²) in [5, 5.41) is 14.5. The highest BCUT2D eigenvalue weighted by Crippen LogP contribution is 2.51. The van der Waals surface area contributed by atoms with Crippen molar-refractivity contribution in [2.45, 2.75) is 30.7 Å². The second-order valence-corrected chi connectivity index (χ2v) is 12.9. The van der Waals surface area contributed by atoms with Crippen molar-refractivity contribution in [1.82, 2.24) is 15.2 Å². The van der Waals surface area contributed by atoms with Crippen molar-refractivity contribution in [3.8, 4) is 0 Å². The number of carboxylic acids is 1. The van der Waals surface area contributed by atoms with Crippen LogP contribution in [0.1, 0.15) is 60.1 Å². The Morgan fingerprint density at radius 1 is 0.800 bits per heavy atom. The summed E-state index contributed by atoms with van der Waals surface area (Å²) in [7, 11) is 0. The van der Waals surface area contributed by atoms with Crippen molar-refractivity contribution < 1.29 is 42.3 Å². The van der Waals surface area contributed by atoms with Gasteiger partial charge in [0, 0.05) is 51.8 Å². The number of benzene rings is 4. The van der Waals surface area contributed by atoms with Crippen molar-refractivity contribution >= 4 is 40.3 Å². The third kappa shape index (κ3) is 4.62. The van der Waals surface area contributed by atoms with Gasteiger partial charge in [0.1, 0.15) is 5.54 Å². The molecule has 3 aliphatic rings. The first-order valence-electron chi connectivity index (χ1n) is 15.8. The molecule has 0 radical (unpaired) electrons. The van der Waals surface area contributed by atoms with Gasteiger partial charge in [-0.1, -0.05) is 60.7 Å². The van der Waals surface area contributed by atoms with Gasteiger partial charge in [-0.15, -0.1) is 0 Å². The highest BCUT2D eigenvalue weighted by molar-refractivity contribution is 6.28. The summed E-state index contributed by atoms with van der Waals surface area (Å²) in [6.07, 6.45) is -3.35. The fourth-order valence-electron chi connectivity index (χ4n) is 7.85. The molecule has 9 nitrogen and oxygen atoms in total. The number of nitrogens with zero attached hydrogens (tertiary/aromatic N) is 1. The van der Waals surface area contributed by atoms with Crippen LogP contribution in [0.4, 0.5) is 13.2 Å². The molecule has 3 heterocycles. The number of likely N-dealkylation sites (tertiary alicyclic amines) is 1. The molecule has 2 fully saturated rings. The average molecular weight is 678 g/mol. The molecule has 2 saturated heterocycles. The molecular weight excluding hydrogens is 651 g/mol. The van der Waals surface area contributed by atoms with Crippen molar-refractivity contribution in [1.29, 1.82) is 0 Å². The van der Waals surface area contributed by atoms with Gasteiger partial charge >= 0.3 is 12.1 Å². The molecule has 2 amide bonds. The first-order valence-corrected chi connectivity index (χ1v) is 15.8. The van der Waals surface area contributed by atoms with Gasteiger partial charge in [-0.3, -0.25) is 34.2 Å². The number of aromatic nitrogens is 1. The third-order valence-electron chi connectivity index (χ3n) is 10.2. The summed E-state index contributed by atoms with van der Waals surface area (Å²) in [6.45, 7) is -0.348. The van der Waals surface area contributed by atoms with Crippen LogP contribution < -0.4 is 5.32 Å². The summed E-state index contributed by atoms with van der Waals surface area (Å²) >= 11 is 0. The van der Waals surface area contributed by atoms with Crippen LogP contribution in [0.15, 0.2) is 97.2 Å². The zero-order valence-corrected chi connectivity index (χ0v) is 26.0. The molecule has 2 aliphatic heterocycles. The van der Waals surface area contributed by atoms with Gasteiger partial charge in [-0.05, 0) is 47.0 Å². The zero-order chi connectivity index (χ0) is 35.1. The number of carbonyl (C=O) groups is 5. The van der Waals surface area contributed by atoms with Crippen molar-refractivity contribution in [3.05, 3.63) is 142 Å². The number of aromatic amines is 1. The fourth-order valence-corrected chi connectivity index (χ4v) is 7.85. The minimum absolute atomic E-state index is 0.0106. The molecule has 3 N–H and O–H groups in total. The Labute approximate surface area is 281 Å². The van der Waals surface area contributed by atoms with E-state index < -0.39 is 58.7 Å². The van der Waals surface area contributed by atoms with Crippen molar-refractivity contribution in [2.75, 3.05) is 0 Å². The van der Waals surface area contributed by atoms with Gasteiger partial charge in [0.05, 0.1) is 23.9 Å². The largest absolute Gasteiger partial charge is 0.480 e. The Kier molecular flexibility index (Phi) is 6.95. The lowest BCUT2D eigenvalue weighted by Crippen LogP contribution is -2.57. The van der Waals surface area contributed by atoms with Crippen molar-refractivity contribution in [2.24, 2.45) is 11.8 Å². The normalized spacial score (nSPS) is 22.9. The van der Waals surface area contributed by atoms with Crippen LogP contribution in [-0.2, 0) is 33.5 Å². The van der Waals surface area contributed by atoms with Gasteiger partial charge in [0.2, 0.25) is 11.8 Å². The second kappa shape index (κ2) is 11.1. The van der Waals surface area contributed by atoms with E-state index >= 15 is 0 Å². The molecule has 50 heavy (non-hydrogen) atoms. The number of carbonyl (C=O) groups excluding carboxylic acids is 4. The zero-order valence-electron chi connectivity index (χ0n) is 26.0. The van der Waals surface area contributed by atoms with Crippen LogP contribution in [0.5, 0.6) is 0 Å². The molecular formula is C38H26F3N3O6. The van der Waals surface area contributed by atoms with Gasteiger partial charge in [-0.25, -0.2) is 0 Å². The molecule has 250 valence electrons. The molecule has 0 saturated carbocycles. The van der Waals surface area contributed by atoms with Crippen LogP contribution in [-0.4, -0.2) is 49.9 Å². The molecule has 4 unspecified atom stereocenters. The number of fused-ring (bicyclic) bond motifs is 4. The van der Waals surface area contributed by atoms with Gasteiger partial charge in [0.25, 0.3) is 0 Å². The first-order chi connectivity index (χ1) is 23.9. The highest BCUT2D eigenvalue weighted by atomic mass is 19.4. The first kappa shape index (κ1) is 31.4. The SMILES string of the molecule is O=C1c2ccccc2C(=O)c2cc(CN3C(=O)C4C(c5cccc(C(F)(F)F)c5)NC(Cc5c[nH]c6ccccc56)(C(=O)O)C4C3=O)ccc21. The number of ketones is 2. The van der Waals surface area contributed by atoms with E-state index in [1.165, 1.54) is 30.3 Å². The van der Waals surface area contributed by atoms with E-state index in [2.05, 4.69) is 10.3 Å². The number of rotatable bonds is 6. The number of hydrogen-bond acceptors (Lipinski definition) is 6. The standard InChI is InChI=1S/C38H26F3N3O6/c39-38(40,41)22-7-5-6-20(15-22)31-29-30(37(43-31,36(49)50)16-21-17-42-28-11-4-3-8-23(21)28)35(48)44(34(29)47)18-19-12-13-26-27(14-19)33(46)25-10-2-1-9-24(25)32(26)45/h1-15,17,29-31,42-43H,16,18H2,(H,49,50). The monoisotopic (exact) mass is 677 g/mol. The number of imide groups is 1. The van der Waals surface area contributed by atoms with E-state index in [1.54, 1.807) is 54.7 Å². The Hall–Kier alpha value is -5.88. The van der Waals surface area contributed by atoms with Crippen LogP contribution >= 0.6 is 0 Å². The van der Waals surface area contributed by atoms with Crippen LogP contribution in [0.25, 0.3) is 10.9 Å². The maximum Gasteiger partial charge on any atom is 0.416 e. The van der Waals surface area contributed by atoms with Crippen LogP contribution in [0, 0.1) is 11.8 Å². The minimum Gasteiger partial charge on any atom is -0.480 e. The summed E-state index contributed by atoms with van der Waals surface area (Å²) in [6, 6.07) is 21.0. The lowest BCUT2D eigenvalue weighted by Gasteiger charge is -2.31. The number of aliphatic carboxylic acids is 1. The molecule has 4 aromatic carbocycles. The summed E-state index contributed by atoms with van der Waals surface area (Å²) in [4.78, 5) is 72.6. The number of para-hydroxylation sites is 1. The van der Waals surface area contributed by atoms with Gasteiger partial charge in [-0.2, -0.15) is 13.2 Å². The van der Waals surface area contributed by atoms with E-state index in [-0.39, 0.29) is 46.6 Å².